The number of nitrogens with zero attached hydrogens (tertiary/aromatic N) is 5. The van der Waals surface area contributed by atoms with Gasteiger partial charge in [0.2, 0.25) is 0 Å². The smallest absolute Gasteiger partial charge is 0.263 e. The summed E-state index contributed by atoms with van der Waals surface area (Å²) in [6.07, 6.45) is 3.85. The Hall–Kier alpha value is -2.45. The monoisotopic (exact) mass is 410 g/mol. The molecule has 2 atom stereocenters. The van der Waals surface area contributed by atoms with Gasteiger partial charge in [0.25, 0.3) is 11.5 Å². The minimum atomic E-state index is -0.109. The van der Waals surface area contributed by atoms with Crippen LogP contribution in [0.2, 0.25) is 0 Å². The highest BCUT2D eigenvalue weighted by atomic mass is 16.2. The summed E-state index contributed by atoms with van der Waals surface area (Å²) >= 11 is 0. The van der Waals surface area contributed by atoms with Crippen molar-refractivity contribution in [1.82, 2.24) is 29.5 Å². The van der Waals surface area contributed by atoms with E-state index < -0.39 is 0 Å². The highest BCUT2D eigenvalue weighted by Gasteiger charge is 2.35. The zero-order valence-corrected chi connectivity index (χ0v) is 17.6. The Labute approximate surface area is 176 Å². The molecule has 3 aliphatic rings. The topological polar surface area (TPSA) is 77.5 Å². The zero-order chi connectivity index (χ0) is 20.7. The van der Waals surface area contributed by atoms with Gasteiger partial charge in [-0.25, -0.2) is 0 Å². The molecule has 5 rings (SSSR count). The molecule has 2 aromatic heterocycles. The first-order chi connectivity index (χ1) is 14.6. The molecule has 2 fully saturated rings. The number of amides is 1. The molecule has 8 heteroatoms. The molecule has 0 aliphatic carbocycles. The van der Waals surface area contributed by atoms with Gasteiger partial charge in [-0.3, -0.25) is 19.6 Å². The number of nitrogens with one attached hydrogen (secondary N) is 1. The van der Waals surface area contributed by atoms with Crippen molar-refractivity contribution in [3.8, 4) is 0 Å². The van der Waals surface area contributed by atoms with Crippen LogP contribution in [0.3, 0.4) is 0 Å². The number of hydrogen-bond donors (Lipinski definition) is 1. The van der Waals surface area contributed by atoms with E-state index in [1.54, 1.807) is 12.3 Å². The third-order valence-corrected chi connectivity index (χ3v) is 6.87. The summed E-state index contributed by atoms with van der Waals surface area (Å²) in [7, 11) is 2.08. The predicted octanol–water partition coefficient (Wildman–Crippen LogP) is 0.968. The van der Waals surface area contributed by atoms with Gasteiger partial charge in [-0.1, -0.05) is 0 Å². The molecule has 2 saturated heterocycles. The third-order valence-electron chi connectivity index (χ3n) is 6.87. The Kier molecular flexibility index (Phi) is 5.20. The van der Waals surface area contributed by atoms with Crippen molar-refractivity contribution in [3.63, 3.8) is 0 Å². The molecule has 5 heterocycles. The zero-order valence-electron chi connectivity index (χ0n) is 17.6. The molecule has 0 aromatic carbocycles. The van der Waals surface area contributed by atoms with Crippen molar-refractivity contribution in [1.29, 1.82) is 0 Å². The van der Waals surface area contributed by atoms with Crippen LogP contribution >= 0.6 is 0 Å². The number of aromatic amines is 1. The van der Waals surface area contributed by atoms with Crippen LogP contribution in [0.25, 0.3) is 0 Å². The van der Waals surface area contributed by atoms with E-state index in [1.807, 2.05) is 21.6 Å². The lowest BCUT2D eigenvalue weighted by atomic mass is 9.83. The second-order valence-corrected chi connectivity index (χ2v) is 9.11. The molecule has 0 unspecified atom stereocenters. The van der Waals surface area contributed by atoms with Crippen molar-refractivity contribution in [2.24, 2.45) is 5.92 Å². The van der Waals surface area contributed by atoms with E-state index in [0.717, 1.165) is 63.5 Å². The minimum Gasteiger partial charge on any atom is -0.337 e. The van der Waals surface area contributed by atoms with Gasteiger partial charge in [0, 0.05) is 69.3 Å². The first-order valence-electron chi connectivity index (χ1n) is 11.0. The van der Waals surface area contributed by atoms with Crippen LogP contribution in [0.15, 0.2) is 29.2 Å². The molecular weight excluding hydrogens is 380 g/mol. The Morgan fingerprint density at radius 2 is 2.03 bits per heavy atom. The summed E-state index contributed by atoms with van der Waals surface area (Å²) < 4.78 is 1.89. The Bertz CT molecular complexity index is 969. The summed E-state index contributed by atoms with van der Waals surface area (Å²) in [6.45, 7) is 6.71. The largest absolute Gasteiger partial charge is 0.337 e. The maximum absolute atomic E-state index is 13.3. The molecule has 0 radical (unpaired) electrons. The van der Waals surface area contributed by atoms with E-state index in [0.29, 0.717) is 30.5 Å². The number of piperidine rings is 1. The Morgan fingerprint density at radius 3 is 2.87 bits per heavy atom. The lowest BCUT2D eigenvalue weighted by Gasteiger charge is -2.42. The molecule has 160 valence electrons. The molecule has 8 nitrogen and oxygen atoms in total. The van der Waals surface area contributed by atoms with Crippen molar-refractivity contribution in [2.45, 2.75) is 31.8 Å². The number of H-pyrrole nitrogens is 1. The van der Waals surface area contributed by atoms with Crippen molar-refractivity contribution in [3.05, 3.63) is 51.7 Å². The van der Waals surface area contributed by atoms with E-state index in [4.69, 9.17) is 0 Å². The number of aromatic nitrogens is 3. The van der Waals surface area contributed by atoms with Crippen LogP contribution in [0.5, 0.6) is 0 Å². The molecule has 3 aliphatic heterocycles. The second-order valence-electron chi connectivity index (χ2n) is 9.11. The first-order valence-corrected chi connectivity index (χ1v) is 11.0. The SMILES string of the molecule is CN1CCCN(C(=O)c2ccc3n(c2=O)C[C@H]2C[C@@H]3CN(Cc3ccn[nH]3)C2)CC1. The third kappa shape index (κ3) is 3.70. The number of likely N-dealkylation sites (tertiary alicyclic amines) is 1. The molecule has 30 heavy (non-hydrogen) atoms. The fourth-order valence-electron chi connectivity index (χ4n) is 5.37. The summed E-state index contributed by atoms with van der Waals surface area (Å²) in [5.41, 5.74) is 2.43. The van der Waals surface area contributed by atoms with E-state index in [-0.39, 0.29) is 11.5 Å². The summed E-state index contributed by atoms with van der Waals surface area (Å²) in [6, 6.07) is 5.82. The summed E-state index contributed by atoms with van der Waals surface area (Å²) in [5, 5.41) is 7.09. The van der Waals surface area contributed by atoms with Crippen LogP contribution < -0.4 is 5.56 Å². The van der Waals surface area contributed by atoms with Crippen LogP contribution in [-0.2, 0) is 13.1 Å². The number of fused-ring (bicyclic) bond motifs is 4. The number of likely N-dealkylation sites (N-methyl/N-ethyl adjacent to an activating group) is 1. The van der Waals surface area contributed by atoms with Crippen LogP contribution in [-0.4, -0.2) is 81.7 Å². The fraction of sp³-hybridized carbons (Fsp3) is 0.591. The Morgan fingerprint density at radius 1 is 1.13 bits per heavy atom. The van der Waals surface area contributed by atoms with Crippen molar-refractivity contribution in [2.75, 3.05) is 46.3 Å². The minimum absolute atomic E-state index is 0.105. The van der Waals surface area contributed by atoms with Crippen molar-refractivity contribution < 1.29 is 4.79 Å². The average molecular weight is 411 g/mol. The quantitative estimate of drug-likeness (QED) is 0.816. The number of carbonyl (C=O) groups excluding carboxylic acids is 1. The highest BCUT2D eigenvalue weighted by Crippen LogP contribution is 2.35. The lowest BCUT2D eigenvalue weighted by Crippen LogP contribution is -2.48. The molecule has 1 N–H and O–H groups in total. The lowest BCUT2D eigenvalue weighted by molar-refractivity contribution is 0.0757. The Balaban J connectivity index is 1.37. The molecule has 0 saturated carbocycles. The van der Waals surface area contributed by atoms with Gasteiger partial charge < -0.3 is 14.4 Å². The van der Waals surface area contributed by atoms with Gasteiger partial charge in [0.05, 0.1) is 0 Å². The maximum atomic E-state index is 13.3. The van der Waals surface area contributed by atoms with E-state index in [1.165, 1.54) is 0 Å². The van der Waals surface area contributed by atoms with Gasteiger partial charge in [0.15, 0.2) is 0 Å². The summed E-state index contributed by atoms with van der Waals surface area (Å²) in [5.74, 6) is 0.667. The van der Waals surface area contributed by atoms with E-state index in [9.17, 15) is 9.59 Å². The second kappa shape index (κ2) is 8.00. The standard InChI is InChI=1S/C22H30N6O2/c1-25-7-2-8-27(10-9-25)21(29)19-3-4-20-17-11-16(13-28(20)22(19)30)12-26(14-17)15-18-5-6-23-24-18/h3-6,16-17H,2,7-15H2,1H3,(H,23,24)/t16-,17+/m0/s1. The van der Waals surface area contributed by atoms with Crippen LogP contribution in [0.1, 0.15) is 40.5 Å². The van der Waals surface area contributed by atoms with Gasteiger partial charge in [0.1, 0.15) is 5.56 Å². The number of carbonyl (C=O) groups is 1. The normalized spacial score (nSPS) is 25.0. The van der Waals surface area contributed by atoms with Gasteiger partial charge >= 0.3 is 0 Å². The summed E-state index contributed by atoms with van der Waals surface area (Å²) in [4.78, 5) is 33.0. The maximum Gasteiger partial charge on any atom is 0.263 e. The molecular formula is C22H30N6O2. The first kappa shape index (κ1) is 19.5. The van der Waals surface area contributed by atoms with E-state index >= 15 is 0 Å². The highest BCUT2D eigenvalue weighted by molar-refractivity contribution is 5.94. The molecule has 2 bridgehead atoms. The number of pyridine rings is 1. The van der Waals surface area contributed by atoms with E-state index in [2.05, 4.69) is 27.0 Å². The molecule has 2 aromatic rings. The number of rotatable bonds is 3. The van der Waals surface area contributed by atoms with Gasteiger partial charge in [-0.15, -0.1) is 0 Å². The predicted molar refractivity (Wildman–Crippen MR) is 113 cm³/mol. The fourth-order valence-corrected chi connectivity index (χ4v) is 5.37. The van der Waals surface area contributed by atoms with Gasteiger partial charge in [-0.2, -0.15) is 5.10 Å². The molecule has 1 amide bonds. The number of hydrogen-bond acceptors (Lipinski definition) is 5. The average Bonchev–Trinajstić information content (AvgIpc) is 3.14. The van der Waals surface area contributed by atoms with Crippen LogP contribution in [0, 0.1) is 5.92 Å². The van der Waals surface area contributed by atoms with Crippen molar-refractivity contribution >= 4 is 5.91 Å². The molecule has 0 spiro atoms. The van der Waals surface area contributed by atoms with Crippen LogP contribution in [0.4, 0.5) is 0 Å². The van der Waals surface area contributed by atoms with Gasteiger partial charge in [-0.05, 0) is 50.6 Å².